The Morgan fingerprint density at radius 3 is 2.54 bits per heavy atom. The number of benzene rings is 2. The molecule has 0 unspecified atom stereocenters. The summed E-state index contributed by atoms with van der Waals surface area (Å²) in [5, 5.41) is 6.90. The molecule has 3 aromatic rings. The van der Waals surface area contributed by atoms with Crippen molar-refractivity contribution in [2.75, 3.05) is 5.32 Å². The zero-order valence-electron chi connectivity index (χ0n) is 13.0. The van der Waals surface area contributed by atoms with Crippen molar-refractivity contribution >= 4 is 11.7 Å². The van der Waals surface area contributed by atoms with E-state index in [0.717, 1.165) is 23.5 Å². The zero-order valence-corrected chi connectivity index (χ0v) is 13.0. The van der Waals surface area contributed by atoms with Crippen molar-refractivity contribution in [3.05, 3.63) is 77.5 Å². The van der Waals surface area contributed by atoms with Crippen LogP contribution in [0.2, 0.25) is 0 Å². The number of carbonyl (C=O) groups excluding carboxylic acids is 1. The fourth-order valence-corrected chi connectivity index (χ4v) is 2.38. The van der Waals surface area contributed by atoms with Gasteiger partial charge in [-0.3, -0.25) is 4.79 Å². The largest absolute Gasteiger partial charge is 0.305 e. The molecule has 24 heavy (non-hydrogen) atoms. The van der Waals surface area contributed by atoms with E-state index >= 15 is 0 Å². The van der Waals surface area contributed by atoms with E-state index in [0.29, 0.717) is 18.3 Å². The van der Waals surface area contributed by atoms with E-state index in [4.69, 9.17) is 0 Å². The molecule has 2 aromatic carbocycles. The van der Waals surface area contributed by atoms with Gasteiger partial charge in [0.05, 0.1) is 11.3 Å². The summed E-state index contributed by atoms with van der Waals surface area (Å²) in [7, 11) is 0. The first-order valence-corrected chi connectivity index (χ1v) is 7.49. The molecule has 0 fully saturated rings. The molecule has 1 N–H and O–H groups in total. The molecule has 122 valence electrons. The third kappa shape index (κ3) is 3.17. The van der Waals surface area contributed by atoms with Gasteiger partial charge >= 0.3 is 0 Å². The number of rotatable bonds is 4. The van der Waals surface area contributed by atoms with Crippen LogP contribution in [0.3, 0.4) is 0 Å². The van der Waals surface area contributed by atoms with Gasteiger partial charge in [-0.2, -0.15) is 0 Å². The summed E-state index contributed by atoms with van der Waals surface area (Å²) in [5.74, 6) is -2.01. The predicted molar refractivity (Wildman–Crippen MR) is 87.3 cm³/mol. The van der Waals surface area contributed by atoms with E-state index in [1.807, 2.05) is 37.3 Å². The van der Waals surface area contributed by atoms with Gasteiger partial charge < -0.3 is 5.32 Å². The summed E-state index contributed by atoms with van der Waals surface area (Å²) < 4.78 is 28.4. The summed E-state index contributed by atoms with van der Waals surface area (Å²) in [5.41, 5.74) is 1.53. The Kier molecular flexibility index (Phi) is 4.37. The highest BCUT2D eigenvalue weighted by molar-refractivity contribution is 6.03. The summed E-state index contributed by atoms with van der Waals surface area (Å²) in [6, 6.07) is 14.0. The summed E-state index contributed by atoms with van der Waals surface area (Å²) in [6.07, 6.45) is 0.711. The van der Waals surface area contributed by atoms with Gasteiger partial charge in [-0.25, -0.2) is 13.5 Å². The summed E-state index contributed by atoms with van der Waals surface area (Å²) in [6.45, 7) is 1.97. The number of hydrogen-bond donors (Lipinski definition) is 1. The second-order valence-electron chi connectivity index (χ2n) is 5.20. The fraction of sp³-hybridized carbons (Fsp3) is 0.111. The van der Waals surface area contributed by atoms with E-state index in [2.05, 4.69) is 10.4 Å². The Hall–Kier alpha value is -3.02. The number of nitrogens with one attached hydrogen (secondary N) is 1. The number of aryl methyl sites for hydroxylation is 1. The molecular formula is C18H15F2N3O. The first-order valence-electron chi connectivity index (χ1n) is 7.49. The third-order valence-corrected chi connectivity index (χ3v) is 3.56. The predicted octanol–water partition coefficient (Wildman–Crippen LogP) is 3.97. The Morgan fingerprint density at radius 1 is 1.12 bits per heavy atom. The molecule has 3 rings (SSSR count). The number of amides is 1. The van der Waals surface area contributed by atoms with Gasteiger partial charge in [0.2, 0.25) is 0 Å². The van der Waals surface area contributed by atoms with E-state index < -0.39 is 17.5 Å². The molecular weight excluding hydrogens is 312 g/mol. The molecule has 0 aliphatic rings. The van der Waals surface area contributed by atoms with Crippen LogP contribution in [0.1, 0.15) is 23.0 Å². The van der Waals surface area contributed by atoms with Crippen LogP contribution in [0.4, 0.5) is 14.6 Å². The zero-order chi connectivity index (χ0) is 17.1. The van der Waals surface area contributed by atoms with Gasteiger partial charge in [0, 0.05) is 17.8 Å². The van der Waals surface area contributed by atoms with Crippen molar-refractivity contribution in [2.45, 2.75) is 13.3 Å². The minimum Gasteiger partial charge on any atom is -0.305 e. The second kappa shape index (κ2) is 6.62. The fourth-order valence-electron chi connectivity index (χ4n) is 2.38. The topological polar surface area (TPSA) is 46.9 Å². The van der Waals surface area contributed by atoms with Crippen molar-refractivity contribution in [1.29, 1.82) is 0 Å². The monoisotopic (exact) mass is 327 g/mol. The SMILES string of the molecule is CCc1cc(NC(=O)c2ccc(F)cc2F)nn1-c1ccccc1. The molecule has 1 heterocycles. The summed E-state index contributed by atoms with van der Waals surface area (Å²) in [4.78, 5) is 12.2. The van der Waals surface area contributed by atoms with Gasteiger partial charge in [-0.05, 0) is 30.7 Å². The van der Waals surface area contributed by atoms with Gasteiger partial charge in [-0.15, -0.1) is 5.10 Å². The Labute approximate surface area is 137 Å². The maximum Gasteiger partial charge on any atom is 0.259 e. The Balaban J connectivity index is 1.88. The van der Waals surface area contributed by atoms with Crippen LogP contribution in [0, 0.1) is 11.6 Å². The number of aromatic nitrogens is 2. The first-order chi connectivity index (χ1) is 11.6. The molecule has 1 aromatic heterocycles. The molecule has 0 spiro atoms. The van der Waals surface area contributed by atoms with Gasteiger partial charge in [0.25, 0.3) is 5.91 Å². The highest BCUT2D eigenvalue weighted by Crippen LogP contribution is 2.18. The maximum atomic E-state index is 13.7. The smallest absolute Gasteiger partial charge is 0.259 e. The van der Waals surface area contributed by atoms with E-state index in [1.54, 1.807) is 10.7 Å². The van der Waals surface area contributed by atoms with Crippen molar-refractivity contribution in [3.63, 3.8) is 0 Å². The molecule has 0 radical (unpaired) electrons. The summed E-state index contributed by atoms with van der Waals surface area (Å²) >= 11 is 0. The van der Waals surface area contributed by atoms with Crippen LogP contribution in [0.25, 0.3) is 5.69 Å². The molecule has 6 heteroatoms. The van der Waals surface area contributed by atoms with Crippen LogP contribution in [0.15, 0.2) is 54.6 Å². The molecule has 0 aliphatic heterocycles. The molecule has 0 atom stereocenters. The minimum atomic E-state index is -0.911. The molecule has 0 bridgehead atoms. The average molecular weight is 327 g/mol. The Bertz CT molecular complexity index is 875. The molecule has 4 nitrogen and oxygen atoms in total. The number of carbonyl (C=O) groups is 1. The molecule has 0 saturated heterocycles. The van der Waals surface area contributed by atoms with Gasteiger partial charge in [0.1, 0.15) is 11.6 Å². The van der Waals surface area contributed by atoms with Gasteiger partial charge in [0.15, 0.2) is 5.82 Å². The van der Waals surface area contributed by atoms with Crippen LogP contribution in [-0.4, -0.2) is 15.7 Å². The first kappa shape index (κ1) is 15.9. The molecule has 1 amide bonds. The normalized spacial score (nSPS) is 10.6. The second-order valence-corrected chi connectivity index (χ2v) is 5.20. The maximum absolute atomic E-state index is 13.7. The van der Waals surface area contributed by atoms with Crippen molar-refractivity contribution in [2.24, 2.45) is 0 Å². The van der Waals surface area contributed by atoms with Crippen molar-refractivity contribution < 1.29 is 13.6 Å². The molecule has 0 aliphatic carbocycles. The lowest BCUT2D eigenvalue weighted by Crippen LogP contribution is -2.14. The van der Waals surface area contributed by atoms with E-state index in [-0.39, 0.29) is 5.56 Å². The standard InChI is InChI=1S/C18H15F2N3O/c1-2-13-11-17(22-23(13)14-6-4-3-5-7-14)21-18(24)15-9-8-12(19)10-16(15)20/h3-11H,2H2,1H3,(H,21,22,24). The average Bonchev–Trinajstić information content (AvgIpc) is 2.98. The lowest BCUT2D eigenvalue weighted by atomic mass is 10.2. The number of para-hydroxylation sites is 1. The lowest BCUT2D eigenvalue weighted by molar-refractivity contribution is 0.102. The third-order valence-electron chi connectivity index (χ3n) is 3.56. The van der Waals surface area contributed by atoms with E-state index in [1.165, 1.54) is 0 Å². The van der Waals surface area contributed by atoms with Gasteiger partial charge in [-0.1, -0.05) is 25.1 Å². The number of hydrogen-bond acceptors (Lipinski definition) is 2. The van der Waals surface area contributed by atoms with Crippen LogP contribution < -0.4 is 5.32 Å². The van der Waals surface area contributed by atoms with Crippen molar-refractivity contribution in [3.8, 4) is 5.69 Å². The van der Waals surface area contributed by atoms with Crippen LogP contribution >= 0.6 is 0 Å². The minimum absolute atomic E-state index is 0.233. The quantitative estimate of drug-likeness (QED) is 0.788. The van der Waals surface area contributed by atoms with Crippen LogP contribution in [0.5, 0.6) is 0 Å². The lowest BCUT2D eigenvalue weighted by Gasteiger charge is -2.05. The molecule has 0 saturated carbocycles. The van der Waals surface area contributed by atoms with Crippen LogP contribution in [-0.2, 0) is 6.42 Å². The highest BCUT2D eigenvalue weighted by Gasteiger charge is 2.15. The number of nitrogens with zero attached hydrogens (tertiary/aromatic N) is 2. The number of anilines is 1. The highest BCUT2D eigenvalue weighted by atomic mass is 19.1. The number of halogens is 2. The van der Waals surface area contributed by atoms with Crippen molar-refractivity contribution in [1.82, 2.24) is 9.78 Å². The van der Waals surface area contributed by atoms with E-state index in [9.17, 15) is 13.6 Å². The Morgan fingerprint density at radius 2 is 1.88 bits per heavy atom.